The van der Waals surface area contributed by atoms with Gasteiger partial charge in [-0.1, -0.05) is 18.2 Å². The lowest BCUT2D eigenvalue weighted by atomic mass is 9.91. The lowest BCUT2D eigenvalue weighted by Crippen LogP contribution is -2.14. The summed E-state index contributed by atoms with van der Waals surface area (Å²) in [7, 11) is -3.83. The van der Waals surface area contributed by atoms with E-state index in [1.165, 1.54) is 28.2 Å². The number of nitrogens with zero attached hydrogens (tertiary/aromatic N) is 1. The maximum Gasteiger partial charge on any atom is 0.335 e. The zero-order valence-corrected chi connectivity index (χ0v) is 15.4. The average Bonchev–Trinajstić information content (AvgIpc) is 3.09. The highest BCUT2D eigenvalue weighted by atomic mass is 32.2. The van der Waals surface area contributed by atoms with Crippen LogP contribution < -0.4 is 0 Å². The highest BCUT2D eigenvalue weighted by Crippen LogP contribution is 2.35. The van der Waals surface area contributed by atoms with E-state index >= 15 is 0 Å². The molecule has 2 aromatic carbocycles. The second-order valence-electron chi connectivity index (χ2n) is 6.62. The molecule has 1 aliphatic heterocycles. The molecule has 0 saturated carbocycles. The fraction of sp³-hybridized carbons (Fsp3) is 0.250. The monoisotopic (exact) mass is 385 g/mol. The van der Waals surface area contributed by atoms with Gasteiger partial charge in [0.25, 0.3) is 10.0 Å². The second kappa shape index (κ2) is 6.83. The van der Waals surface area contributed by atoms with Crippen LogP contribution in [0.2, 0.25) is 0 Å². The standard InChI is InChI=1S/C20H19NO5S/c22-20(23)15-5-7-16(8-6-15)27(24,25)21-13-18(14-9-11-26-12-10-14)17-3-1-2-4-19(17)21/h1-8,13-14H,9-12H2,(H,22,23). The van der Waals surface area contributed by atoms with Crippen LogP contribution in [-0.2, 0) is 14.8 Å². The van der Waals surface area contributed by atoms with Crippen LogP contribution >= 0.6 is 0 Å². The number of hydrogen-bond acceptors (Lipinski definition) is 4. The highest BCUT2D eigenvalue weighted by molar-refractivity contribution is 7.90. The summed E-state index contributed by atoms with van der Waals surface area (Å²) in [6.07, 6.45) is 3.43. The van der Waals surface area contributed by atoms with Crippen molar-refractivity contribution in [2.45, 2.75) is 23.7 Å². The normalized spacial score (nSPS) is 15.9. The molecule has 4 rings (SSSR count). The Hall–Kier alpha value is -2.64. The third-order valence-corrected chi connectivity index (χ3v) is 6.72. The van der Waals surface area contributed by atoms with Crippen LogP contribution in [0.25, 0.3) is 10.9 Å². The van der Waals surface area contributed by atoms with Gasteiger partial charge in [0, 0.05) is 24.8 Å². The molecule has 0 radical (unpaired) electrons. The Labute approximate surface area is 157 Å². The molecule has 3 aromatic rings. The molecule has 1 fully saturated rings. The molecule has 1 N–H and O–H groups in total. The molecule has 1 saturated heterocycles. The third kappa shape index (κ3) is 3.13. The number of carbonyl (C=O) groups is 1. The van der Waals surface area contributed by atoms with Crippen molar-refractivity contribution < 1.29 is 23.1 Å². The van der Waals surface area contributed by atoms with Crippen LogP contribution in [0.4, 0.5) is 0 Å². The van der Waals surface area contributed by atoms with Gasteiger partial charge in [-0.2, -0.15) is 0 Å². The summed E-state index contributed by atoms with van der Waals surface area (Å²) in [6.45, 7) is 1.35. The summed E-state index contributed by atoms with van der Waals surface area (Å²) in [5.74, 6) is -0.832. The third-order valence-electron chi connectivity index (χ3n) is 5.03. The molecule has 2 heterocycles. The minimum atomic E-state index is -3.83. The average molecular weight is 385 g/mol. The molecule has 1 aromatic heterocycles. The molecule has 0 bridgehead atoms. The molecule has 7 heteroatoms. The Kier molecular flexibility index (Phi) is 4.49. The van der Waals surface area contributed by atoms with Gasteiger partial charge in [-0.3, -0.25) is 0 Å². The van der Waals surface area contributed by atoms with E-state index in [0.29, 0.717) is 18.7 Å². The molecule has 0 aliphatic carbocycles. The molecule has 1 aliphatic rings. The lowest BCUT2D eigenvalue weighted by molar-refractivity contribution is 0.0696. The van der Waals surface area contributed by atoms with E-state index in [9.17, 15) is 13.2 Å². The van der Waals surface area contributed by atoms with Gasteiger partial charge in [-0.05, 0) is 54.7 Å². The number of aromatic nitrogens is 1. The van der Waals surface area contributed by atoms with Crippen molar-refractivity contribution in [2.24, 2.45) is 0 Å². The first-order valence-electron chi connectivity index (χ1n) is 8.75. The molecule has 6 nitrogen and oxygen atoms in total. The van der Waals surface area contributed by atoms with Crippen LogP contribution in [0.3, 0.4) is 0 Å². The first-order chi connectivity index (χ1) is 13.0. The van der Waals surface area contributed by atoms with Crippen LogP contribution in [0.5, 0.6) is 0 Å². The molecule has 0 atom stereocenters. The van der Waals surface area contributed by atoms with Crippen molar-refractivity contribution in [2.75, 3.05) is 13.2 Å². The van der Waals surface area contributed by atoms with E-state index in [1.54, 1.807) is 12.3 Å². The smallest absolute Gasteiger partial charge is 0.335 e. The second-order valence-corrected chi connectivity index (χ2v) is 8.43. The summed E-state index contributed by atoms with van der Waals surface area (Å²) in [5, 5.41) is 9.95. The van der Waals surface area contributed by atoms with Gasteiger partial charge in [0.15, 0.2) is 0 Å². The minimum absolute atomic E-state index is 0.0502. The number of benzene rings is 2. The Balaban J connectivity index is 1.84. The molecule has 27 heavy (non-hydrogen) atoms. The SMILES string of the molecule is O=C(O)c1ccc(S(=O)(=O)n2cc(C3CCOCC3)c3ccccc32)cc1. The zero-order chi connectivity index (χ0) is 19.0. The van der Waals surface area contributed by atoms with Gasteiger partial charge in [-0.25, -0.2) is 17.2 Å². The number of fused-ring (bicyclic) bond motifs is 1. The van der Waals surface area contributed by atoms with E-state index in [2.05, 4.69) is 0 Å². The van der Waals surface area contributed by atoms with Crippen LogP contribution in [-0.4, -0.2) is 36.7 Å². The molecular formula is C20H19NO5S. The van der Waals surface area contributed by atoms with E-state index < -0.39 is 16.0 Å². The van der Waals surface area contributed by atoms with Crippen molar-refractivity contribution >= 4 is 26.9 Å². The fourth-order valence-corrected chi connectivity index (χ4v) is 4.97. The first-order valence-corrected chi connectivity index (χ1v) is 10.2. The van der Waals surface area contributed by atoms with Gasteiger partial charge < -0.3 is 9.84 Å². The van der Waals surface area contributed by atoms with Crippen molar-refractivity contribution in [1.29, 1.82) is 0 Å². The number of rotatable bonds is 4. The largest absolute Gasteiger partial charge is 0.478 e. The lowest BCUT2D eigenvalue weighted by Gasteiger charge is -2.21. The zero-order valence-electron chi connectivity index (χ0n) is 14.5. The predicted octanol–water partition coefficient (Wildman–Crippen LogP) is 3.47. The van der Waals surface area contributed by atoms with E-state index in [1.807, 2.05) is 18.2 Å². The maximum atomic E-state index is 13.2. The van der Waals surface area contributed by atoms with Crippen molar-refractivity contribution in [1.82, 2.24) is 3.97 Å². The predicted molar refractivity (Wildman–Crippen MR) is 101 cm³/mol. The number of para-hydroxylation sites is 1. The number of ether oxygens (including phenoxy) is 1. The molecule has 0 amide bonds. The minimum Gasteiger partial charge on any atom is -0.478 e. The number of aromatic carboxylic acids is 1. The Morgan fingerprint density at radius 3 is 2.37 bits per heavy atom. The summed E-state index contributed by atoms with van der Waals surface area (Å²) in [4.78, 5) is 11.1. The maximum absolute atomic E-state index is 13.2. The molecule has 0 unspecified atom stereocenters. The van der Waals surface area contributed by atoms with E-state index in [-0.39, 0.29) is 16.4 Å². The number of carboxylic acids is 1. The van der Waals surface area contributed by atoms with Gasteiger partial charge in [-0.15, -0.1) is 0 Å². The molecular weight excluding hydrogens is 366 g/mol. The number of carboxylic acid groups (broad SMARTS) is 1. The van der Waals surface area contributed by atoms with E-state index in [4.69, 9.17) is 9.84 Å². The van der Waals surface area contributed by atoms with Gasteiger partial charge in [0.1, 0.15) is 0 Å². The van der Waals surface area contributed by atoms with Gasteiger partial charge >= 0.3 is 5.97 Å². The highest BCUT2D eigenvalue weighted by Gasteiger charge is 2.25. The van der Waals surface area contributed by atoms with Gasteiger partial charge in [0.2, 0.25) is 0 Å². The van der Waals surface area contributed by atoms with Crippen molar-refractivity contribution in [3.05, 3.63) is 65.9 Å². The van der Waals surface area contributed by atoms with Gasteiger partial charge in [0.05, 0.1) is 16.0 Å². The fourth-order valence-electron chi connectivity index (χ4n) is 3.59. The molecule has 140 valence electrons. The van der Waals surface area contributed by atoms with Crippen LogP contribution in [0, 0.1) is 0 Å². The van der Waals surface area contributed by atoms with Crippen molar-refractivity contribution in [3.8, 4) is 0 Å². The summed E-state index contributed by atoms with van der Waals surface area (Å²) < 4.78 is 33.2. The Morgan fingerprint density at radius 1 is 1.04 bits per heavy atom. The van der Waals surface area contributed by atoms with E-state index in [0.717, 1.165) is 23.8 Å². The first kappa shape index (κ1) is 17.8. The van der Waals surface area contributed by atoms with Crippen LogP contribution in [0.15, 0.2) is 59.6 Å². The summed E-state index contributed by atoms with van der Waals surface area (Å²) in [5.41, 5.74) is 1.69. The quantitative estimate of drug-likeness (QED) is 0.743. The number of hydrogen-bond donors (Lipinski definition) is 1. The van der Waals surface area contributed by atoms with Crippen LogP contribution in [0.1, 0.15) is 34.7 Å². The Morgan fingerprint density at radius 2 is 1.70 bits per heavy atom. The van der Waals surface area contributed by atoms with Crippen molar-refractivity contribution in [3.63, 3.8) is 0 Å². The Bertz CT molecular complexity index is 1090. The summed E-state index contributed by atoms with van der Waals surface area (Å²) >= 11 is 0. The molecule has 0 spiro atoms. The summed E-state index contributed by atoms with van der Waals surface area (Å²) in [6, 6.07) is 12.7. The topological polar surface area (TPSA) is 85.6 Å².